The number of benzene rings is 2. The fraction of sp³-hybridized carbons (Fsp3) is 0.381. The highest BCUT2D eigenvalue weighted by Crippen LogP contribution is 2.21. The van der Waals surface area contributed by atoms with E-state index in [4.69, 9.17) is 0 Å². The first-order valence-electron chi connectivity index (χ1n) is 9.67. The van der Waals surface area contributed by atoms with Crippen LogP contribution in [-0.2, 0) is 23.0 Å². The number of hydrogen-bond donors (Lipinski definition) is 2. The molecule has 0 unspecified atom stereocenters. The Kier molecular flexibility index (Phi) is 7.06. The molecule has 2 aromatic carbocycles. The smallest absolute Gasteiger partial charge is 0.243 e. The van der Waals surface area contributed by atoms with Crippen LogP contribution >= 0.6 is 0 Å². The van der Waals surface area contributed by atoms with Gasteiger partial charge in [-0.05, 0) is 42.5 Å². The Labute approximate surface area is 167 Å². The van der Waals surface area contributed by atoms with E-state index in [9.17, 15) is 8.42 Å². The van der Waals surface area contributed by atoms with Gasteiger partial charge in [-0.1, -0.05) is 42.5 Å². The molecule has 2 N–H and O–H groups in total. The lowest BCUT2D eigenvalue weighted by Gasteiger charge is -2.16. The highest BCUT2D eigenvalue weighted by Gasteiger charge is 2.26. The molecule has 0 bridgehead atoms. The van der Waals surface area contributed by atoms with Crippen LogP contribution in [0.25, 0.3) is 0 Å². The molecule has 0 spiro atoms. The minimum absolute atomic E-state index is 0.364. The summed E-state index contributed by atoms with van der Waals surface area (Å²) in [6.45, 7) is 2.61. The Morgan fingerprint density at radius 2 is 1.64 bits per heavy atom. The van der Waals surface area contributed by atoms with Gasteiger partial charge in [-0.3, -0.25) is 4.99 Å². The van der Waals surface area contributed by atoms with Crippen LogP contribution in [0.3, 0.4) is 0 Å². The number of nitrogens with one attached hydrogen (secondary N) is 2. The zero-order valence-electron chi connectivity index (χ0n) is 16.3. The fourth-order valence-electron chi connectivity index (χ4n) is 3.23. The summed E-state index contributed by atoms with van der Waals surface area (Å²) >= 11 is 0. The molecule has 7 heteroatoms. The predicted molar refractivity (Wildman–Crippen MR) is 113 cm³/mol. The van der Waals surface area contributed by atoms with Gasteiger partial charge in [-0.15, -0.1) is 0 Å². The molecule has 28 heavy (non-hydrogen) atoms. The van der Waals surface area contributed by atoms with Crippen LogP contribution in [0, 0.1) is 0 Å². The molecule has 6 nitrogen and oxygen atoms in total. The number of aliphatic imine (C=N–C) groups is 1. The second-order valence-corrected chi connectivity index (χ2v) is 8.78. The van der Waals surface area contributed by atoms with E-state index in [1.807, 2.05) is 30.3 Å². The predicted octanol–water partition coefficient (Wildman–Crippen LogP) is 2.38. The standard InChI is InChI=1S/C21H28N4O2S/c1-22-21(23-14-13-18-7-3-2-4-8-18)24-17-19-9-11-20(12-10-19)28(26,27)25-15-5-6-16-25/h2-4,7-12H,5-6,13-17H2,1H3,(H2,22,23,24). The van der Waals surface area contributed by atoms with Crippen molar-refractivity contribution in [2.75, 3.05) is 26.7 Å². The third-order valence-corrected chi connectivity index (χ3v) is 6.77. The first kappa shape index (κ1) is 20.4. The van der Waals surface area contributed by atoms with E-state index in [0.29, 0.717) is 24.5 Å². The topological polar surface area (TPSA) is 73.8 Å². The molecule has 1 heterocycles. The van der Waals surface area contributed by atoms with Crippen molar-refractivity contribution in [2.45, 2.75) is 30.7 Å². The molecule has 1 fully saturated rings. The average Bonchev–Trinajstić information content (AvgIpc) is 3.27. The highest BCUT2D eigenvalue weighted by atomic mass is 32.2. The van der Waals surface area contributed by atoms with Crippen molar-refractivity contribution in [3.63, 3.8) is 0 Å². The van der Waals surface area contributed by atoms with E-state index >= 15 is 0 Å². The van der Waals surface area contributed by atoms with Crippen molar-refractivity contribution in [1.82, 2.24) is 14.9 Å². The van der Waals surface area contributed by atoms with Crippen molar-refractivity contribution in [3.8, 4) is 0 Å². The summed E-state index contributed by atoms with van der Waals surface area (Å²) in [5, 5.41) is 6.56. The SMILES string of the molecule is CN=C(NCCc1ccccc1)NCc1ccc(S(=O)(=O)N2CCCC2)cc1. The van der Waals surface area contributed by atoms with Gasteiger partial charge in [0.05, 0.1) is 4.90 Å². The molecule has 0 atom stereocenters. The molecule has 0 amide bonds. The summed E-state index contributed by atoms with van der Waals surface area (Å²) in [4.78, 5) is 4.60. The Morgan fingerprint density at radius 1 is 0.964 bits per heavy atom. The largest absolute Gasteiger partial charge is 0.356 e. The van der Waals surface area contributed by atoms with Crippen LogP contribution < -0.4 is 10.6 Å². The summed E-state index contributed by atoms with van der Waals surface area (Å²) in [5.74, 6) is 0.727. The summed E-state index contributed by atoms with van der Waals surface area (Å²) in [6, 6.07) is 17.4. The number of hydrogen-bond acceptors (Lipinski definition) is 3. The van der Waals surface area contributed by atoms with Crippen LogP contribution in [0.15, 0.2) is 64.5 Å². The maximum Gasteiger partial charge on any atom is 0.243 e. The van der Waals surface area contributed by atoms with Gasteiger partial charge in [0.15, 0.2) is 5.96 Å². The molecule has 0 radical (unpaired) electrons. The lowest BCUT2D eigenvalue weighted by atomic mass is 10.1. The molecule has 1 saturated heterocycles. The Hall–Kier alpha value is -2.38. The molecule has 0 aromatic heterocycles. The van der Waals surface area contributed by atoms with Crippen molar-refractivity contribution < 1.29 is 8.42 Å². The normalized spacial score (nSPS) is 15.5. The highest BCUT2D eigenvalue weighted by molar-refractivity contribution is 7.89. The molecular weight excluding hydrogens is 372 g/mol. The van der Waals surface area contributed by atoms with E-state index in [2.05, 4.69) is 27.8 Å². The summed E-state index contributed by atoms with van der Waals surface area (Å²) in [6.07, 6.45) is 2.81. The minimum Gasteiger partial charge on any atom is -0.356 e. The van der Waals surface area contributed by atoms with E-state index in [1.54, 1.807) is 23.5 Å². The summed E-state index contributed by atoms with van der Waals surface area (Å²) in [7, 11) is -1.61. The first-order chi connectivity index (χ1) is 13.6. The third kappa shape index (κ3) is 5.33. The average molecular weight is 401 g/mol. The Morgan fingerprint density at radius 3 is 2.29 bits per heavy atom. The quantitative estimate of drug-likeness (QED) is 0.553. The first-order valence-corrected chi connectivity index (χ1v) is 11.1. The maximum absolute atomic E-state index is 12.6. The van der Waals surface area contributed by atoms with Gasteiger partial charge >= 0.3 is 0 Å². The van der Waals surface area contributed by atoms with Crippen molar-refractivity contribution in [2.24, 2.45) is 4.99 Å². The van der Waals surface area contributed by atoms with E-state index in [0.717, 1.165) is 37.3 Å². The summed E-state index contributed by atoms with van der Waals surface area (Å²) in [5.41, 5.74) is 2.28. The molecule has 0 aliphatic carbocycles. The van der Waals surface area contributed by atoms with Gasteiger partial charge in [0.1, 0.15) is 0 Å². The van der Waals surface area contributed by atoms with Gasteiger partial charge < -0.3 is 10.6 Å². The van der Waals surface area contributed by atoms with Gasteiger partial charge in [0.2, 0.25) is 10.0 Å². The molecule has 0 saturated carbocycles. The van der Waals surface area contributed by atoms with Gasteiger partial charge in [-0.25, -0.2) is 8.42 Å². The second-order valence-electron chi connectivity index (χ2n) is 6.84. The molecular formula is C21H28N4O2S. The maximum atomic E-state index is 12.6. The van der Waals surface area contributed by atoms with Gasteiger partial charge in [-0.2, -0.15) is 4.31 Å². The number of guanidine groups is 1. The van der Waals surface area contributed by atoms with Crippen LogP contribution in [0.1, 0.15) is 24.0 Å². The third-order valence-electron chi connectivity index (χ3n) is 4.86. The Bertz CT molecular complexity index is 874. The van der Waals surface area contributed by atoms with E-state index in [-0.39, 0.29) is 0 Å². The van der Waals surface area contributed by atoms with Crippen LogP contribution in [-0.4, -0.2) is 45.4 Å². The van der Waals surface area contributed by atoms with Crippen molar-refractivity contribution in [3.05, 3.63) is 65.7 Å². The summed E-state index contributed by atoms with van der Waals surface area (Å²) < 4.78 is 26.7. The minimum atomic E-state index is -3.35. The molecule has 150 valence electrons. The zero-order valence-corrected chi connectivity index (χ0v) is 17.1. The molecule has 3 rings (SSSR count). The van der Waals surface area contributed by atoms with Crippen molar-refractivity contribution >= 4 is 16.0 Å². The molecule has 1 aliphatic heterocycles. The monoisotopic (exact) mass is 400 g/mol. The van der Waals surface area contributed by atoms with Crippen LogP contribution in [0.5, 0.6) is 0 Å². The lowest BCUT2D eigenvalue weighted by molar-refractivity contribution is 0.477. The zero-order chi connectivity index (χ0) is 19.8. The van der Waals surface area contributed by atoms with Gasteiger partial charge in [0.25, 0.3) is 0 Å². The lowest BCUT2D eigenvalue weighted by Crippen LogP contribution is -2.37. The van der Waals surface area contributed by atoms with E-state index in [1.165, 1.54) is 5.56 Å². The second kappa shape index (κ2) is 9.71. The fourth-order valence-corrected chi connectivity index (χ4v) is 4.75. The van der Waals surface area contributed by atoms with Crippen LogP contribution in [0.4, 0.5) is 0 Å². The molecule has 1 aliphatic rings. The van der Waals surface area contributed by atoms with E-state index < -0.39 is 10.0 Å². The molecule has 2 aromatic rings. The van der Waals surface area contributed by atoms with Gasteiger partial charge in [0, 0.05) is 33.2 Å². The number of sulfonamides is 1. The van der Waals surface area contributed by atoms with Crippen LogP contribution in [0.2, 0.25) is 0 Å². The number of rotatable bonds is 7. The van der Waals surface area contributed by atoms with Crippen molar-refractivity contribution in [1.29, 1.82) is 0 Å². The number of nitrogens with zero attached hydrogens (tertiary/aromatic N) is 2. The Balaban J connectivity index is 1.49.